The quantitative estimate of drug-likeness (QED) is 0.100. The number of benzene rings is 1. The Bertz CT molecular complexity index is 694. The SMILES string of the molecule is C=C(C)C(=O)OCC(CCCC)(OOC(=O)C(=C)C)Oc1ccccc1.[CH2]C[O].[CH2]C[O].[CH2]C[O].[CH2]C[O].[CH2]C[O].[CH2]C[O]. The Balaban J connectivity index is -0.000000165. The zero-order chi connectivity index (χ0) is 35.8. The maximum Gasteiger partial charge on any atom is 0.368 e. The van der Waals surface area contributed by atoms with Crippen molar-refractivity contribution in [3.63, 3.8) is 0 Å². The summed E-state index contributed by atoms with van der Waals surface area (Å²) in [5, 5.41) is 52.9. The number of rotatable bonds is 11. The second kappa shape index (κ2) is 44.6. The minimum Gasteiger partial charge on any atom is -0.455 e. The van der Waals surface area contributed by atoms with Gasteiger partial charge in [-0.05, 0) is 73.9 Å². The first-order valence-electron chi connectivity index (χ1n) is 13.1. The minimum atomic E-state index is -1.48. The van der Waals surface area contributed by atoms with E-state index in [9.17, 15) is 9.59 Å². The monoisotopic (exact) mass is 626 g/mol. The summed E-state index contributed by atoms with van der Waals surface area (Å²) < 4.78 is 11.2. The van der Waals surface area contributed by atoms with E-state index in [0.717, 1.165) is 6.42 Å². The van der Waals surface area contributed by atoms with Crippen LogP contribution in [0, 0.1) is 41.5 Å². The molecule has 1 aromatic carbocycles. The highest BCUT2D eigenvalue weighted by atomic mass is 17.2. The molecule has 0 N–H and O–H groups in total. The van der Waals surface area contributed by atoms with Gasteiger partial charge in [-0.1, -0.05) is 44.7 Å². The Morgan fingerprint density at radius 2 is 1.05 bits per heavy atom. The van der Waals surface area contributed by atoms with Crippen molar-refractivity contribution in [3.8, 4) is 5.75 Å². The van der Waals surface area contributed by atoms with Gasteiger partial charge in [-0.2, -0.15) is 0 Å². The van der Waals surface area contributed by atoms with Crippen molar-refractivity contribution in [2.75, 3.05) is 46.2 Å². The van der Waals surface area contributed by atoms with E-state index >= 15 is 0 Å². The summed E-state index contributed by atoms with van der Waals surface area (Å²) in [4.78, 5) is 33.7. The summed E-state index contributed by atoms with van der Waals surface area (Å²) in [7, 11) is 0. The first kappa shape index (κ1) is 53.7. The molecule has 12 heteroatoms. The molecule has 250 valence electrons. The molecule has 1 aromatic rings. The molecule has 0 aliphatic carbocycles. The minimum absolute atomic E-state index is 0.174. The van der Waals surface area contributed by atoms with E-state index in [-0.39, 0.29) is 57.4 Å². The number of hydrogen-bond donors (Lipinski definition) is 0. The van der Waals surface area contributed by atoms with Crippen LogP contribution < -0.4 is 4.74 Å². The average Bonchev–Trinajstić information content (AvgIpc) is 2.96. The van der Waals surface area contributed by atoms with Gasteiger partial charge >= 0.3 is 11.9 Å². The third-order valence-electron chi connectivity index (χ3n) is 3.35. The second-order valence-electron chi connectivity index (χ2n) is 7.25. The molecular weight excluding hydrogens is 576 g/mol. The smallest absolute Gasteiger partial charge is 0.368 e. The van der Waals surface area contributed by atoms with E-state index in [1.54, 1.807) is 24.3 Å². The molecule has 1 atom stereocenters. The number of hydrogen-bond acceptors (Lipinski definition) is 6. The first-order chi connectivity index (χ1) is 20.8. The zero-order valence-electron chi connectivity index (χ0n) is 26.5. The Labute approximate surface area is 265 Å². The van der Waals surface area contributed by atoms with Crippen molar-refractivity contribution in [3.05, 3.63) is 96.2 Å². The number of ether oxygens (including phenoxy) is 2. The highest BCUT2D eigenvalue weighted by Crippen LogP contribution is 2.26. The topological polar surface area (TPSA) is 190 Å². The van der Waals surface area contributed by atoms with Crippen molar-refractivity contribution < 1.29 is 59.5 Å². The standard InChI is InChI=1S/C20H26O6.6C2H4O/c1-6-7-13-20(14-23-18(21)15(2)3,26-25-19(22)16(4)5)24-17-11-9-8-10-12-17;6*1-2-3/h8-12H,2,4,6-7,13-14H2,1,3,5H3;6*1-2H2. The van der Waals surface area contributed by atoms with Crippen molar-refractivity contribution >= 4 is 11.9 Å². The molecule has 0 saturated heterocycles. The number of unbranched alkanes of at least 4 members (excludes halogenated alkanes) is 1. The predicted octanol–water partition coefficient (Wildman–Crippen LogP) is 5.63. The van der Waals surface area contributed by atoms with Crippen LogP contribution in [0.4, 0.5) is 0 Å². The fraction of sp³-hybridized carbons (Fsp3) is 0.438. The molecule has 12 nitrogen and oxygen atoms in total. The highest BCUT2D eigenvalue weighted by molar-refractivity contribution is 5.87. The summed E-state index contributed by atoms with van der Waals surface area (Å²) in [6, 6.07) is 8.87. The van der Waals surface area contributed by atoms with Crippen LogP contribution in [-0.2, 0) is 54.7 Å². The average molecular weight is 627 g/mol. The fourth-order valence-electron chi connectivity index (χ4n) is 1.87. The molecule has 0 saturated carbocycles. The number of carbonyl (C=O) groups excluding carboxylic acids is 2. The third-order valence-corrected chi connectivity index (χ3v) is 3.35. The molecule has 0 fully saturated rings. The van der Waals surface area contributed by atoms with Gasteiger partial charge in [0.1, 0.15) is 5.75 Å². The molecule has 12 radical (unpaired) electrons. The zero-order valence-corrected chi connectivity index (χ0v) is 26.5. The molecule has 44 heavy (non-hydrogen) atoms. The predicted molar refractivity (Wildman–Crippen MR) is 163 cm³/mol. The van der Waals surface area contributed by atoms with Gasteiger partial charge in [-0.3, -0.25) is 4.89 Å². The molecular formula is C32H50O12. The van der Waals surface area contributed by atoms with Gasteiger partial charge in [0.05, 0.1) is 39.6 Å². The van der Waals surface area contributed by atoms with Crippen LogP contribution in [0.5, 0.6) is 5.75 Å². The molecule has 0 heterocycles. The van der Waals surface area contributed by atoms with E-state index in [4.69, 9.17) is 49.9 Å². The largest absolute Gasteiger partial charge is 0.455 e. The summed E-state index contributed by atoms with van der Waals surface area (Å²) in [6.07, 6.45) is 1.87. The number of esters is 1. The van der Waals surface area contributed by atoms with Crippen molar-refractivity contribution in [1.82, 2.24) is 0 Å². The molecule has 0 bridgehead atoms. The van der Waals surface area contributed by atoms with Crippen LogP contribution >= 0.6 is 0 Å². The summed E-state index contributed by atoms with van der Waals surface area (Å²) in [5.41, 5.74) is 0.418. The van der Waals surface area contributed by atoms with Crippen LogP contribution in [0.25, 0.3) is 0 Å². The Morgan fingerprint density at radius 3 is 1.36 bits per heavy atom. The van der Waals surface area contributed by atoms with Crippen molar-refractivity contribution in [2.45, 2.75) is 45.8 Å². The molecule has 0 aliphatic heterocycles. The number of para-hydroxylation sites is 1. The summed E-state index contributed by atoms with van der Waals surface area (Å²) in [5.74, 6) is -2.30. The lowest BCUT2D eigenvalue weighted by atomic mass is 10.1. The molecule has 0 aliphatic rings. The molecule has 0 spiro atoms. The maximum absolute atomic E-state index is 11.8. The second-order valence-corrected chi connectivity index (χ2v) is 7.25. The Hall–Kier alpha value is -2.84. The normalized spacial score (nSPS) is 9.89. The fourth-order valence-corrected chi connectivity index (χ4v) is 1.87. The lowest BCUT2D eigenvalue weighted by Crippen LogP contribution is -2.45. The lowest BCUT2D eigenvalue weighted by molar-refractivity contribution is -0.391. The summed E-state index contributed by atoms with van der Waals surface area (Å²) in [6.45, 7) is 27.9. The van der Waals surface area contributed by atoms with Gasteiger partial charge in [0.15, 0.2) is 6.61 Å². The van der Waals surface area contributed by atoms with Crippen LogP contribution in [-0.4, -0.2) is 64.0 Å². The van der Waals surface area contributed by atoms with Gasteiger partial charge in [-0.25, -0.2) is 40.2 Å². The molecule has 1 unspecified atom stereocenters. The molecule has 1 rings (SSSR count). The van der Waals surface area contributed by atoms with Gasteiger partial charge in [0.25, 0.3) is 5.79 Å². The summed E-state index contributed by atoms with van der Waals surface area (Å²) >= 11 is 0. The van der Waals surface area contributed by atoms with Crippen molar-refractivity contribution in [2.24, 2.45) is 0 Å². The maximum atomic E-state index is 11.8. The highest BCUT2D eigenvalue weighted by Gasteiger charge is 2.38. The van der Waals surface area contributed by atoms with E-state index in [1.807, 2.05) is 13.0 Å². The van der Waals surface area contributed by atoms with E-state index in [0.29, 0.717) is 18.6 Å². The van der Waals surface area contributed by atoms with Gasteiger partial charge in [0.2, 0.25) is 0 Å². The first-order valence-corrected chi connectivity index (χ1v) is 13.1. The molecule has 0 amide bonds. The third kappa shape index (κ3) is 46.1. The van der Waals surface area contributed by atoms with E-state index in [1.165, 1.54) is 13.8 Å². The van der Waals surface area contributed by atoms with Crippen LogP contribution in [0.1, 0.15) is 40.0 Å². The lowest BCUT2D eigenvalue weighted by Gasteiger charge is -2.31. The van der Waals surface area contributed by atoms with Crippen LogP contribution in [0.3, 0.4) is 0 Å². The van der Waals surface area contributed by atoms with Gasteiger partial charge < -0.3 is 9.47 Å². The Morgan fingerprint density at radius 1 is 0.682 bits per heavy atom. The van der Waals surface area contributed by atoms with Crippen LogP contribution in [0.15, 0.2) is 54.6 Å². The Kier molecular flexibility index (Phi) is 54.4. The number of carbonyl (C=O) groups is 2. The van der Waals surface area contributed by atoms with E-state index in [2.05, 4.69) is 54.7 Å². The van der Waals surface area contributed by atoms with Crippen LogP contribution in [0.2, 0.25) is 0 Å². The van der Waals surface area contributed by atoms with E-state index < -0.39 is 17.7 Å². The van der Waals surface area contributed by atoms with Gasteiger partial charge in [0, 0.05) is 17.6 Å². The van der Waals surface area contributed by atoms with Gasteiger partial charge in [-0.15, -0.1) is 4.89 Å². The molecule has 0 aromatic heterocycles. The van der Waals surface area contributed by atoms with Crippen molar-refractivity contribution in [1.29, 1.82) is 0 Å².